The van der Waals surface area contributed by atoms with Gasteiger partial charge in [0.15, 0.2) is 11.5 Å². The van der Waals surface area contributed by atoms with Gasteiger partial charge in [-0.05, 0) is 29.0 Å². The van der Waals surface area contributed by atoms with Gasteiger partial charge in [-0.25, -0.2) is 0 Å². The van der Waals surface area contributed by atoms with Gasteiger partial charge in [-0.2, -0.15) is 0 Å². The number of phenolic OH excluding ortho intramolecular Hbond substituents is 3. The van der Waals surface area contributed by atoms with Crippen LogP contribution in [0.1, 0.15) is 0 Å². The van der Waals surface area contributed by atoms with Gasteiger partial charge in [-0.1, -0.05) is 72.8 Å². The van der Waals surface area contributed by atoms with Crippen LogP contribution in [0.3, 0.4) is 0 Å². The Morgan fingerprint density at radius 2 is 1.26 bits per heavy atom. The molecule has 0 radical (unpaired) electrons. The third-order valence-electron chi connectivity index (χ3n) is 7.46. The van der Waals surface area contributed by atoms with E-state index in [1.165, 1.54) is 11.3 Å². The largest absolute Gasteiger partial charge is 0.504 e. The monoisotopic (exact) mass is 529 g/mol. The maximum absolute atomic E-state index is 11.2. The zero-order valence-electron chi connectivity index (χ0n) is 20.9. The van der Waals surface area contributed by atoms with Crippen LogP contribution in [0.25, 0.3) is 69.2 Å². The number of nitrogens with zero attached hydrogens (tertiary/aromatic N) is 1. The molecule has 39 heavy (non-hydrogen) atoms. The summed E-state index contributed by atoms with van der Waals surface area (Å²) in [5.41, 5.74) is 3.17. The van der Waals surface area contributed by atoms with E-state index in [9.17, 15) is 15.3 Å². The molecular weight excluding hydrogens is 506 g/mol. The van der Waals surface area contributed by atoms with E-state index in [0.29, 0.717) is 5.39 Å². The molecule has 0 amide bonds. The molecule has 0 atom stereocenters. The number of aromatic nitrogens is 1. The summed E-state index contributed by atoms with van der Waals surface area (Å²) in [5.74, 6) is -1.11. The minimum absolute atomic E-state index is 0.293. The minimum Gasteiger partial charge on any atom is -0.504 e. The fourth-order valence-corrected chi connectivity index (χ4v) is 7.22. The summed E-state index contributed by atoms with van der Waals surface area (Å²) in [6.45, 7) is 0. The van der Waals surface area contributed by atoms with Crippen LogP contribution in [-0.4, -0.2) is 32.1 Å². The van der Waals surface area contributed by atoms with Crippen molar-refractivity contribution in [3.63, 3.8) is 0 Å². The summed E-state index contributed by atoms with van der Waals surface area (Å²) in [7, 11) is 1.00. The van der Waals surface area contributed by atoms with Crippen molar-refractivity contribution < 1.29 is 20.4 Å². The number of hydrogen-bond acceptors (Lipinski definition) is 5. The second kappa shape index (κ2) is 8.63. The van der Waals surface area contributed by atoms with Crippen molar-refractivity contribution in [1.82, 2.24) is 4.57 Å². The average Bonchev–Trinajstić information content (AvgIpc) is 3.54. The first-order valence-corrected chi connectivity index (χ1v) is 13.3. The Labute approximate surface area is 226 Å². The number of thiophene rings is 1. The fourth-order valence-electron chi connectivity index (χ4n) is 5.94. The lowest BCUT2D eigenvalue weighted by Gasteiger charge is -2.11. The van der Waals surface area contributed by atoms with E-state index in [2.05, 4.69) is 65.2 Å². The van der Waals surface area contributed by atoms with Crippen LogP contribution in [0.15, 0.2) is 97.1 Å². The van der Waals surface area contributed by atoms with Crippen molar-refractivity contribution in [2.75, 3.05) is 7.11 Å². The van der Waals surface area contributed by atoms with E-state index in [1.807, 2.05) is 30.3 Å². The number of aliphatic hydroxyl groups is 1. The van der Waals surface area contributed by atoms with Gasteiger partial charge in [0.05, 0.1) is 11.0 Å². The molecular formula is C33H23NO4S. The molecule has 0 fully saturated rings. The SMILES string of the molecule is CO.Oc1cc2sc3c4ccccc4c4c(c3c2c(O)c1O)c1c2ccccc2ccc1n4-c1ccccc1. The van der Waals surface area contributed by atoms with Crippen LogP contribution in [0.2, 0.25) is 0 Å². The number of para-hydroxylation sites is 1. The van der Waals surface area contributed by atoms with Crippen LogP contribution in [0, 0.1) is 0 Å². The van der Waals surface area contributed by atoms with Gasteiger partial charge in [-0.3, -0.25) is 0 Å². The van der Waals surface area contributed by atoms with Gasteiger partial charge < -0.3 is 25.0 Å². The second-order valence-electron chi connectivity index (χ2n) is 9.39. The first-order valence-electron chi connectivity index (χ1n) is 12.5. The van der Waals surface area contributed by atoms with Gasteiger partial charge in [-0.15, -0.1) is 11.3 Å². The van der Waals surface area contributed by atoms with E-state index in [1.54, 1.807) is 6.07 Å². The predicted molar refractivity (Wildman–Crippen MR) is 162 cm³/mol. The van der Waals surface area contributed by atoms with Crippen molar-refractivity contribution in [3.05, 3.63) is 97.1 Å². The summed E-state index contributed by atoms with van der Waals surface area (Å²) in [4.78, 5) is 0. The Hall–Kier alpha value is -4.78. The van der Waals surface area contributed by atoms with Crippen LogP contribution < -0.4 is 0 Å². The Morgan fingerprint density at radius 3 is 2.03 bits per heavy atom. The van der Waals surface area contributed by atoms with Gasteiger partial charge in [0, 0.05) is 60.6 Å². The molecule has 4 N–H and O–H groups in total. The Morgan fingerprint density at radius 1 is 0.590 bits per heavy atom. The molecule has 0 aliphatic carbocycles. The summed E-state index contributed by atoms with van der Waals surface area (Å²) in [5, 5.41) is 47.0. The molecule has 5 nitrogen and oxygen atoms in total. The highest BCUT2D eigenvalue weighted by Crippen LogP contribution is 2.54. The van der Waals surface area contributed by atoms with Crippen molar-refractivity contribution in [2.24, 2.45) is 0 Å². The molecule has 0 aliphatic heterocycles. The van der Waals surface area contributed by atoms with Crippen LogP contribution in [0.4, 0.5) is 0 Å². The van der Waals surface area contributed by atoms with Gasteiger partial charge in [0.1, 0.15) is 0 Å². The average molecular weight is 530 g/mol. The lowest BCUT2D eigenvalue weighted by atomic mass is 9.97. The Bertz CT molecular complexity index is 2230. The number of benzene rings is 6. The van der Waals surface area contributed by atoms with Crippen molar-refractivity contribution in [3.8, 4) is 22.9 Å². The molecule has 0 saturated heterocycles. The normalized spacial score (nSPS) is 11.6. The van der Waals surface area contributed by atoms with Crippen LogP contribution >= 0.6 is 11.3 Å². The summed E-state index contributed by atoms with van der Waals surface area (Å²) < 4.78 is 4.04. The molecule has 0 aliphatic rings. The first kappa shape index (κ1) is 23.3. The highest BCUT2D eigenvalue weighted by Gasteiger charge is 2.25. The van der Waals surface area contributed by atoms with E-state index in [-0.39, 0.29) is 11.5 Å². The second-order valence-corrected chi connectivity index (χ2v) is 10.4. The number of fused-ring (bicyclic) bond motifs is 12. The molecule has 0 bridgehead atoms. The van der Waals surface area contributed by atoms with Gasteiger partial charge >= 0.3 is 0 Å². The molecule has 6 aromatic carbocycles. The number of hydrogen-bond donors (Lipinski definition) is 4. The molecule has 2 aromatic heterocycles. The highest BCUT2D eigenvalue weighted by molar-refractivity contribution is 7.27. The maximum atomic E-state index is 11.2. The number of aromatic hydroxyl groups is 3. The van der Waals surface area contributed by atoms with Crippen molar-refractivity contribution >= 4 is 74.9 Å². The summed E-state index contributed by atoms with van der Waals surface area (Å²) >= 11 is 1.52. The molecule has 6 heteroatoms. The third-order valence-corrected chi connectivity index (χ3v) is 8.63. The molecule has 8 aromatic rings. The van der Waals surface area contributed by atoms with E-state index < -0.39 is 5.75 Å². The smallest absolute Gasteiger partial charge is 0.201 e. The lowest BCUT2D eigenvalue weighted by Crippen LogP contribution is -1.94. The van der Waals surface area contributed by atoms with Crippen molar-refractivity contribution in [2.45, 2.75) is 0 Å². The molecule has 190 valence electrons. The van der Waals surface area contributed by atoms with E-state index >= 15 is 0 Å². The molecule has 2 heterocycles. The van der Waals surface area contributed by atoms with E-state index in [4.69, 9.17) is 5.11 Å². The Balaban J connectivity index is 0.00000124. The number of aliphatic hydroxyl groups excluding tert-OH is 1. The van der Waals surface area contributed by atoms with Gasteiger partial charge in [0.2, 0.25) is 5.75 Å². The van der Waals surface area contributed by atoms with Crippen LogP contribution in [0.5, 0.6) is 17.2 Å². The molecule has 0 unspecified atom stereocenters. The zero-order valence-corrected chi connectivity index (χ0v) is 21.7. The topological polar surface area (TPSA) is 85.8 Å². The molecule has 0 saturated carbocycles. The Kier molecular flexibility index (Phi) is 5.17. The number of rotatable bonds is 1. The minimum atomic E-state index is -0.495. The molecule has 0 spiro atoms. The highest BCUT2D eigenvalue weighted by atomic mass is 32.1. The first-order chi connectivity index (χ1) is 19.1. The fraction of sp³-hybridized carbons (Fsp3) is 0.0303. The quantitative estimate of drug-likeness (QED) is 0.162. The predicted octanol–water partition coefficient (Wildman–Crippen LogP) is 8.18. The van der Waals surface area contributed by atoms with Crippen LogP contribution in [-0.2, 0) is 0 Å². The van der Waals surface area contributed by atoms with E-state index in [0.717, 1.165) is 70.9 Å². The van der Waals surface area contributed by atoms with Crippen molar-refractivity contribution in [1.29, 1.82) is 0 Å². The summed E-state index contributed by atoms with van der Waals surface area (Å²) in [6.07, 6.45) is 0. The lowest BCUT2D eigenvalue weighted by molar-refractivity contribution is 0.371. The standard InChI is InChI=1S/C32H19NO3S.CH4O/c34-23-16-24-26(31(36)30(23)35)28-27-25-19-11-5-4-8-17(19)14-15-22(25)33(18-9-2-1-3-10-18)29(27)20-12-6-7-13-21(20)32(28)37-24;1-2/h1-16,34-36H;2H,1H3. The number of phenols is 3. The zero-order chi connectivity index (χ0) is 26.8. The third kappa shape index (κ3) is 3.10. The maximum Gasteiger partial charge on any atom is 0.201 e. The summed E-state index contributed by atoms with van der Waals surface area (Å²) in [6, 6.07) is 32.9. The molecule has 8 rings (SSSR count). The van der Waals surface area contributed by atoms with Gasteiger partial charge in [0.25, 0.3) is 0 Å².